The number of nitrogens with zero attached hydrogens (tertiary/aromatic N) is 1. The first kappa shape index (κ1) is 30.8. The molecule has 0 bridgehead atoms. The monoisotopic (exact) mass is 564 g/mol. The zero-order chi connectivity index (χ0) is 29.7. The molecule has 214 valence electrons. The van der Waals surface area contributed by atoms with Crippen LogP contribution in [0, 0.1) is 11.3 Å². The van der Waals surface area contributed by atoms with Gasteiger partial charge in [-0.3, -0.25) is 9.59 Å². The Labute approximate surface area is 228 Å². The molecule has 1 aromatic carbocycles. The van der Waals surface area contributed by atoms with Crippen molar-refractivity contribution in [2.45, 2.75) is 57.8 Å². The maximum absolute atomic E-state index is 13.7. The van der Waals surface area contributed by atoms with E-state index in [1.165, 1.54) is 18.2 Å². The van der Waals surface area contributed by atoms with Crippen molar-refractivity contribution >= 4 is 23.2 Å². The van der Waals surface area contributed by atoms with Crippen molar-refractivity contribution in [3.05, 3.63) is 90.1 Å². The van der Waals surface area contributed by atoms with Crippen LogP contribution in [0.25, 0.3) is 5.70 Å². The Morgan fingerprint density at radius 2 is 1.80 bits per heavy atom. The number of alkyl halides is 6. The van der Waals surface area contributed by atoms with Crippen molar-refractivity contribution in [2.75, 3.05) is 0 Å². The molecule has 2 aliphatic rings. The Balaban J connectivity index is 1.82. The molecule has 0 aliphatic heterocycles. The molecule has 3 rings (SSSR count). The fourth-order valence-corrected chi connectivity index (χ4v) is 4.90. The minimum atomic E-state index is -4.61. The molecule has 40 heavy (non-hydrogen) atoms. The predicted octanol–water partition coefficient (Wildman–Crippen LogP) is 7.91. The number of nitrogens with one attached hydrogen (secondary N) is 1. The molecule has 1 N–H and O–H groups in total. The van der Waals surface area contributed by atoms with E-state index >= 15 is 0 Å². The number of aliphatic imine (C=N–C) groups is 1. The summed E-state index contributed by atoms with van der Waals surface area (Å²) in [4.78, 5) is 29.1. The summed E-state index contributed by atoms with van der Waals surface area (Å²) in [6.07, 6.45) is -1.44. The average molecular weight is 565 g/mol. The molecular weight excluding hydrogens is 534 g/mol. The van der Waals surface area contributed by atoms with E-state index in [2.05, 4.69) is 23.5 Å². The van der Waals surface area contributed by atoms with E-state index in [1.807, 2.05) is 0 Å². The molecule has 1 fully saturated rings. The number of hydrogen-bond acceptors (Lipinski definition) is 3. The molecule has 0 saturated heterocycles. The van der Waals surface area contributed by atoms with Crippen molar-refractivity contribution in [1.29, 1.82) is 0 Å². The molecule has 2 aliphatic carbocycles. The smallest absolute Gasteiger partial charge is 0.310 e. The summed E-state index contributed by atoms with van der Waals surface area (Å²) in [7, 11) is 0. The molecule has 4 nitrogen and oxygen atoms in total. The van der Waals surface area contributed by atoms with Gasteiger partial charge in [-0.2, -0.15) is 26.3 Å². The quantitative estimate of drug-likeness (QED) is 0.151. The Morgan fingerprint density at radius 1 is 1.12 bits per heavy atom. The minimum Gasteiger partial charge on any atom is -0.310 e. The van der Waals surface area contributed by atoms with E-state index in [4.69, 9.17) is 0 Å². The molecule has 0 aromatic heterocycles. The molecule has 1 saturated carbocycles. The lowest BCUT2D eigenvalue weighted by atomic mass is 9.80. The maximum atomic E-state index is 13.7. The molecule has 0 spiro atoms. The highest BCUT2D eigenvalue weighted by atomic mass is 19.4. The normalized spacial score (nSPS) is 19.7. The number of carbonyl (C=O) groups is 2. The largest absolute Gasteiger partial charge is 0.416 e. The van der Waals surface area contributed by atoms with Gasteiger partial charge in [0.2, 0.25) is 5.91 Å². The van der Waals surface area contributed by atoms with Gasteiger partial charge >= 0.3 is 12.4 Å². The standard InChI is InChI=1S/C30H30F6N2O2/c1-4-26(40)38-27(37-20(3)22-10-8-11-23(18-22)29(31,32)33)24-17-21(14-13-19(24)2)9-7-12-25(39)28(30(34,35)36)15-5-6-16-28/h4,7-8,10-14,18,24H,1,3,5-6,9,15-17H2,2H3,(H,37,38,40)/b12-7+. The van der Waals surface area contributed by atoms with Crippen LogP contribution in [0.1, 0.15) is 56.6 Å². The van der Waals surface area contributed by atoms with Gasteiger partial charge < -0.3 is 5.32 Å². The average Bonchev–Trinajstić information content (AvgIpc) is 3.40. The van der Waals surface area contributed by atoms with Gasteiger partial charge in [0.05, 0.1) is 11.3 Å². The molecule has 0 heterocycles. The molecule has 1 amide bonds. The number of carbonyl (C=O) groups excluding carboxylic acids is 2. The van der Waals surface area contributed by atoms with Gasteiger partial charge in [-0.1, -0.05) is 67.5 Å². The van der Waals surface area contributed by atoms with Crippen LogP contribution in [0.5, 0.6) is 0 Å². The summed E-state index contributed by atoms with van der Waals surface area (Å²) >= 11 is 0. The molecular formula is C30H30F6N2O2. The van der Waals surface area contributed by atoms with Gasteiger partial charge in [0.25, 0.3) is 0 Å². The Morgan fingerprint density at radius 3 is 2.40 bits per heavy atom. The summed E-state index contributed by atoms with van der Waals surface area (Å²) in [6, 6.07) is 4.49. The van der Waals surface area contributed by atoms with Crippen molar-refractivity contribution < 1.29 is 35.9 Å². The van der Waals surface area contributed by atoms with Gasteiger partial charge in [0, 0.05) is 11.5 Å². The third-order valence-electron chi connectivity index (χ3n) is 7.26. The number of amidine groups is 1. The van der Waals surface area contributed by atoms with Crippen LogP contribution in [0.2, 0.25) is 0 Å². The lowest BCUT2D eigenvalue weighted by Gasteiger charge is -2.28. The maximum Gasteiger partial charge on any atom is 0.416 e. The van der Waals surface area contributed by atoms with Crippen molar-refractivity contribution in [2.24, 2.45) is 16.3 Å². The molecule has 0 radical (unpaired) electrons. The summed E-state index contributed by atoms with van der Waals surface area (Å²) < 4.78 is 80.6. The van der Waals surface area contributed by atoms with Crippen LogP contribution >= 0.6 is 0 Å². The zero-order valence-corrected chi connectivity index (χ0v) is 22.0. The first-order valence-electron chi connectivity index (χ1n) is 12.7. The second-order valence-electron chi connectivity index (χ2n) is 9.97. The predicted molar refractivity (Wildman–Crippen MR) is 142 cm³/mol. The topological polar surface area (TPSA) is 58.5 Å². The van der Waals surface area contributed by atoms with Gasteiger partial charge in [0.15, 0.2) is 5.78 Å². The Bertz CT molecular complexity index is 1290. The first-order chi connectivity index (χ1) is 18.7. The second kappa shape index (κ2) is 12.2. The second-order valence-corrected chi connectivity index (χ2v) is 9.97. The van der Waals surface area contributed by atoms with Gasteiger partial charge in [0.1, 0.15) is 11.3 Å². The number of halogens is 6. The molecule has 1 unspecified atom stereocenters. The van der Waals surface area contributed by atoms with Crippen LogP contribution in [0.4, 0.5) is 26.3 Å². The van der Waals surface area contributed by atoms with Gasteiger partial charge in [-0.15, -0.1) is 0 Å². The Hall–Kier alpha value is -3.69. The lowest BCUT2D eigenvalue weighted by Crippen LogP contribution is -2.41. The number of amides is 1. The summed E-state index contributed by atoms with van der Waals surface area (Å²) in [5.74, 6) is -1.91. The molecule has 1 atom stereocenters. The lowest BCUT2D eigenvalue weighted by molar-refractivity contribution is -0.216. The fourth-order valence-electron chi connectivity index (χ4n) is 4.90. The third kappa shape index (κ3) is 7.08. The SMILES string of the molecule is C=CC(=O)NC(=NC(=C)c1cccc(C(F)(F)F)c1)C1CC(C/C=C/C(=O)C2(C(F)(F)F)CCCC2)=CC=C1C. The van der Waals surface area contributed by atoms with E-state index < -0.39 is 40.9 Å². The van der Waals surface area contributed by atoms with Crippen molar-refractivity contribution in [3.8, 4) is 0 Å². The van der Waals surface area contributed by atoms with Crippen molar-refractivity contribution in [3.63, 3.8) is 0 Å². The van der Waals surface area contributed by atoms with Crippen LogP contribution in [-0.2, 0) is 15.8 Å². The molecule has 1 aromatic rings. The molecule has 10 heteroatoms. The highest BCUT2D eigenvalue weighted by Gasteiger charge is 2.59. The van der Waals surface area contributed by atoms with E-state index in [0.717, 1.165) is 35.4 Å². The number of allylic oxidation sites excluding steroid dienone is 5. The van der Waals surface area contributed by atoms with Crippen molar-refractivity contribution in [1.82, 2.24) is 5.32 Å². The van der Waals surface area contributed by atoms with E-state index in [0.29, 0.717) is 19.3 Å². The summed E-state index contributed by atoms with van der Waals surface area (Å²) in [5, 5.41) is 2.61. The fraction of sp³-hybridized carbons (Fsp3) is 0.367. The van der Waals surface area contributed by atoms with Gasteiger partial charge in [-0.05, 0) is 56.9 Å². The first-order valence-corrected chi connectivity index (χ1v) is 12.7. The van der Waals surface area contributed by atoms with Crippen LogP contribution < -0.4 is 5.32 Å². The highest BCUT2D eigenvalue weighted by Crippen LogP contribution is 2.51. The van der Waals surface area contributed by atoms with Crippen LogP contribution in [-0.4, -0.2) is 23.7 Å². The zero-order valence-electron chi connectivity index (χ0n) is 22.0. The minimum absolute atomic E-state index is 0.00568. The summed E-state index contributed by atoms with van der Waals surface area (Å²) in [6.45, 7) is 8.99. The van der Waals surface area contributed by atoms with Crippen LogP contribution in [0.15, 0.2) is 83.9 Å². The number of hydrogen-bond donors (Lipinski definition) is 1. The van der Waals surface area contributed by atoms with E-state index in [1.54, 1.807) is 19.1 Å². The van der Waals surface area contributed by atoms with Crippen LogP contribution in [0.3, 0.4) is 0 Å². The third-order valence-corrected chi connectivity index (χ3v) is 7.26. The highest BCUT2D eigenvalue weighted by molar-refractivity contribution is 6.06. The van der Waals surface area contributed by atoms with E-state index in [-0.39, 0.29) is 36.4 Å². The number of rotatable bonds is 8. The number of benzene rings is 1. The Kier molecular flexibility index (Phi) is 9.43. The van der Waals surface area contributed by atoms with Gasteiger partial charge in [-0.25, -0.2) is 4.99 Å². The summed E-state index contributed by atoms with van der Waals surface area (Å²) in [5.41, 5.74) is -1.55. The van der Waals surface area contributed by atoms with E-state index in [9.17, 15) is 35.9 Å². The number of ketones is 1.